The van der Waals surface area contributed by atoms with Crippen molar-refractivity contribution in [1.82, 2.24) is 9.21 Å². The largest absolute Gasteiger partial charge is 0.452 e. The van der Waals surface area contributed by atoms with Crippen LogP contribution in [0.3, 0.4) is 0 Å². The molecule has 0 bridgehead atoms. The molecule has 29 heavy (non-hydrogen) atoms. The SMILES string of the molecule is CC1CCN(C(=O)COC(=O)c2cc(S(=O)(=O)N3CCCCC3)ccc2Cl)CC1. The molecule has 9 heteroatoms. The van der Waals surface area contributed by atoms with Crippen molar-refractivity contribution >= 4 is 33.5 Å². The van der Waals surface area contributed by atoms with E-state index in [1.54, 1.807) is 4.90 Å². The molecular weight excluding hydrogens is 416 g/mol. The first kappa shape index (κ1) is 22.1. The standard InChI is InChI=1S/C20H27ClN2O5S/c1-15-7-11-22(12-8-15)19(24)14-28-20(25)17-13-16(5-6-18(17)21)29(26,27)23-9-3-2-4-10-23/h5-6,13,15H,2-4,7-12,14H2,1H3. The Bertz CT molecular complexity index is 860. The summed E-state index contributed by atoms with van der Waals surface area (Å²) >= 11 is 6.10. The van der Waals surface area contributed by atoms with E-state index >= 15 is 0 Å². The summed E-state index contributed by atoms with van der Waals surface area (Å²) in [6, 6.07) is 4.01. The first-order valence-electron chi connectivity index (χ1n) is 10.0. The Labute approximate surface area is 177 Å². The molecule has 0 atom stereocenters. The Kier molecular flexibility index (Phi) is 7.19. The van der Waals surface area contributed by atoms with Gasteiger partial charge in [-0.15, -0.1) is 0 Å². The summed E-state index contributed by atoms with van der Waals surface area (Å²) in [5.74, 6) is -0.465. The zero-order valence-corrected chi connectivity index (χ0v) is 18.2. The molecule has 0 aromatic heterocycles. The van der Waals surface area contributed by atoms with Crippen LogP contribution in [-0.4, -0.2) is 62.3 Å². The third-order valence-electron chi connectivity index (χ3n) is 5.57. The molecule has 3 rings (SSSR count). The summed E-state index contributed by atoms with van der Waals surface area (Å²) in [7, 11) is -3.70. The predicted molar refractivity (Wildman–Crippen MR) is 109 cm³/mol. The van der Waals surface area contributed by atoms with Gasteiger partial charge in [0, 0.05) is 26.2 Å². The minimum Gasteiger partial charge on any atom is -0.452 e. The Morgan fingerprint density at radius 3 is 2.41 bits per heavy atom. The third-order valence-corrected chi connectivity index (χ3v) is 7.80. The lowest BCUT2D eigenvalue weighted by atomic mass is 9.99. The van der Waals surface area contributed by atoms with Crippen LogP contribution in [0.25, 0.3) is 0 Å². The smallest absolute Gasteiger partial charge is 0.340 e. The fraction of sp³-hybridized carbons (Fsp3) is 0.600. The molecule has 1 aromatic rings. The molecule has 0 unspecified atom stereocenters. The second-order valence-corrected chi connectivity index (χ2v) is 10.1. The van der Waals surface area contributed by atoms with Gasteiger partial charge in [-0.2, -0.15) is 4.31 Å². The summed E-state index contributed by atoms with van der Waals surface area (Å²) in [4.78, 5) is 26.4. The number of hydrogen-bond acceptors (Lipinski definition) is 5. The summed E-state index contributed by atoms with van der Waals surface area (Å²) in [5.41, 5.74) is -0.0511. The Balaban J connectivity index is 1.67. The highest BCUT2D eigenvalue weighted by Crippen LogP contribution is 2.25. The average molecular weight is 443 g/mol. The molecule has 0 saturated carbocycles. The van der Waals surface area contributed by atoms with Gasteiger partial charge in [0.2, 0.25) is 10.0 Å². The van der Waals surface area contributed by atoms with E-state index in [9.17, 15) is 18.0 Å². The van der Waals surface area contributed by atoms with Crippen molar-refractivity contribution in [2.45, 2.75) is 43.9 Å². The fourth-order valence-electron chi connectivity index (χ4n) is 3.63. The first-order valence-corrected chi connectivity index (χ1v) is 11.9. The molecule has 0 spiro atoms. The number of halogens is 1. The van der Waals surface area contributed by atoms with Crippen LogP contribution in [0.1, 0.15) is 49.4 Å². The molecule has 0 aliphatic carbocycles. The first-order chi connectivity index (χ1) is 13.8. The van der Waals surface area contributed by atoms with Gasteiger partial charge >= 0.3 is 5.97 Å². The van der Waals surface area contributed by atoms with Crippen LogP contribution in [0, 0.1) is 5.92 Å². The lowest BCUT2D eigenvalue weighted by Gasteiger charge is -2.30. The van der Waals surface area contributed by atoms with Crippen LogP contribution < -0.4 is 0 Å². The van der Waals surface area contributed by atoms with Gasteiger partial charge in [0.1, 0.15) is 0 Å². The highest BCUT2D eigenvalue weighted by molar-refractivity contribution is 7.89. The fourth-order valence-corrected chi connectivity index (χ4v) is 5.37. The second kappa shape index (κ2) is 9.45. The number of hydrogen-bond donors (Lipinski definition) is 0. The van der Waals surface area contributed by atoms with Crippen molar-refractivity contribution in [2.24, 2.45) is 5.92 Å². The quantitative estimate of drug-likeness (QED) is 0.654. The molecule has 2 fully saturated rings. The van der Waals surface area contributed by atoms with Gasteiger partial charge in [-0.3, -0.25) is 4.79 Å². The van der Waals surface area contributed by atoms with Crippen molar-refractivity contribution < 1.29 is 22.7 Å². The number of carbonyl (C=O) groups is 2. The number of benzene rings is 1. The molecule has 0 N–H and O–H groups in total. The summed E-state index contributed by atoms with van der Waals surface area (Å²) < 4.78 is 32.3. The van der Waals surface area contributed by atoms with E-state index in [0.29, 0.717) is 32.1 Å². The lowest BCUT2D eigenvalue weighted by Crippen LogP contribution is -2.40. The van der Waals surface area contributed by atoms with Crippen LogP contribution in [0.4, 0.5) is 0 Å². The maximum atomic E-state index is 12.8. The number of amides is 1. The topological polar surface area (TPSA) is 84.0 Å². The number of ether oxygens (including phenoxy) is 1. The van der Waals surface area contributed by atoms with Crippen LogP contribution in [-0.2, 0) is 19.6 Å². The molecule has 0 radical (unpaired) electrons. The average Bonchev–Trinajstić information content (AvgIpc) is 2.73. The number of nitrogens with zero attached hydrogens (tertiary/aromatic N) is 2. The molecule has 160 valence electrons. The number of piperidine rings is 2. The van der Waals surface area contributed by atoms with Crippen molar-refractivity contribution in [3.63, 3.8) is 0 Å². The van der Waals surface area contributed by atoms with Crippen molar-refractivity contribution in [3.8, 4) is 0 Å². The number of likely N-dealkylation sites (tertiary alicyclic amines) is 1. The van der Waals surface area contributed by atoms with E-state index in [4.69, 9.17) is 16.3 Å². The molecule has 1 aromatic carbocycles. The second-order valence-electron chi connectivity index (χ2n) is 7.75. The minimum absolute atomic E-state index is 0.00657. The molecule has 2 heterocycles. The van der Waals surface area contributed by atoms with Crippen LogP contribution in [0.5, 0.6) is 0 Å². The van der Waals surface area contributed by atoms with E-state index in [1.165, 1.54) is 22.5 Å². The normalized spacial score (nSPS) is 19.2. The van der Waals surface area contributed by atoms with Gasteiger partial charge in [-0.25, -0.2) is 13.2 Å². The van der Waals surface area contributed by atoms with E-state index in [0.717, 1.165) is 32.1 Å². The zero-order valence-electron chi connectivity index (χ0n) is 16.6. The van der Waals surface area contributed by atoms with Crippen LogP contribution >= 0.6 is 11.6 Å². The van der Waals surface area contributed by atoms with Gasteiger partial charge in [-0.05, 0) is 49.8 Å². The lowest BCUT2D eigenvalue weighted by molar-refractivity contribution is -0.135. The Morgan fingerprint density at radius 1 is 1.10 bits per heavy atom. The van der Waals surface area contributed by atoms with Crippen LogP contribution in [0.15, 0.2) is 23.1 Å². The van der Waals surface area contributed by atoms with E-state index < -0.39 is 16.0 Å². The predicted octanol–water partition coefficient (Wildman–Crippen LogP) is 2.93. The van der Waals surface area contributed by atoms with Crippen molar-refractivity contribution in [3.05, 3.63) is 28.8 Å². The maximum absolute atomic E-state index is 12.8. The summed E-state index contributed by atoms with van der Waals surface area (Å²) in [6.45, 7) is 4.01. The number of rotatable bonds is 5. The maximum Gasteiger partial charge on any atom is 0.340 e. The number of carbonyl (C=O) groups excluding carboxylic acids is 2. The van der Waals surface area contributed by atoms with Crippen LogP contribution in [0.2, 0.25) is 5.02 Å². The Hall–Kier alpha value is -1.64. The van der Waals surface area contributed by atoms with E-state index in [2.05, 4.69) is 6.92 Å². The molecule has 7 nitrogen and oxygen atoms in total. The zero-order chi connectivity index (χ0) is 21.0. The monoisotopic (exact) mass is 442 g/mol. The summed E-state index contributed by atoms with van der Waals surface area (Å²) in [6.07, 6.45) is 4.51. The Morgan fingerprint density at radius 2 is 1.76 bits per heavy atom. The summed E-state index contributed by atoms with van der Waals surface area (Å²) in [5, 5.41) is 0.0897. The number of sulfonamides is 1. The highest BCUT2D eigenvalue weighted by atomic mass is 35.5. The van der Waals surface area contributed by atoms with Gasteiger partial charge in [0.05, 0.1) is 15.5 Å². The molecular formula is C20H27ClN2O5S. The van der Waals surface area contributed by atoms with E-state index in [-0.39, 0.29) is 28.0 Å². The van der Waals surface area contributed by atoms with E-state index in [1.807, 2.05) is 0 Å². The van der Waals surface area contributed by atoms with Crippen molar-refractivity contribution in [1.29, 1.82) is 0 Å². The van der Waals surface area contributed by atoms with Gasteiger partial charge in [-0.1, -0.05) is 24.9 Å². The number of esters is 1. The molecule has 2 saturated heterocycles. The molecule has 2 aliphatic rings. The minimum atomic E-state index is -3.70. The molecule has 1 amide bonds. The van der Waals surface area contributed by atoms with Gasteiger partial charge in [0.25, 0.3) is 5.91 Å². The highest BCUT2D eigenvalue weighted by Gasteiger charge is 2.28. The van der Waals surface area contributed by atoms with Gasteiger partial charge < -0.3 is 9.64 Å². The van der Waals surface area contributed by atoms with Gasteiger partial charge in [0.15, 0.2) is 6.61 Å². The third kappa shape index (κ3) is 5.29. The molecule has 2 aliphatic heterocycles. The van der Waals surface area contributed by atoms with Crippen molar-refractivity contribution in [2.75, 3.05) is 32.8 Å².